The molecule has 0 saturated carbocycles. The number of nitrogens with zero attached hydrogens (tertiary/aromatic N) is 3. The molecule has 0 N–H and O–H groups in total. The van der Waals surface area contributed by atoms with Crippen LogP contribution in [0.15, 0.2) is 171 Å². The molecular weight excluding hydrogens is 694 g/mol. The first-order valence-electron chi connectivity index (χ1n) is 16.7. The Morgan fingerprint density at radius 2 is 0.902 bits per heavy atom. The Morgan fingerprint density at radius 3 is 1.65 bits per heavy atom. The smallest absolute Gasteiger partial charge is 0.167 e. The molecule has 10 aromatic rings. The van der Waals surface area contributed by atoms with Gasteiger partial charge in [0.1, 0.15) is 22.3 Å². The summed E-state index contributed by atoms with van der Waals surface area (Å²) in [5.41, 5.74) is 10.3. The van der Waals surface area contributed by atoms with Crippen LogP contribution in [-0.2, 0) is 0 Å². The standard InChI is InChI=1S/C45H26BrN3O2/c46-32-9-5-8-31(26-32)29-20-18-27(19-21-29)28-22-24-30(25-23-28)43-47-44(36-13-7-17-40-41(36)35-11-2-4-16-39(35)50-40)49-45(48-43)37-14-6-12-34-33-10-1-3-15-38(33)51-42(34)37/h1-26H. The highest BCUT2D eigenvalue weighted by molar-refractivity contribution is 9.10. The van der Waals surface area contributed by atoms with Gasteiger partial charge in [0.15, 0.2) is 17.5 Å². The van der Waals surface area contributed by atoms with E-state index in [4.69, 9.17) is 23.8 Å². The molecule has 7 aromatic carbocycles. The highest BCUT2D eigenvalue weighted by Gasteiger charge is 2.20. The van der Waals surface area contributed by atoms with Gasteiger partial charge < -0.3 is 8.83 Å². The van der Waals surface area contributed by atoms with Crippen LogP contribution in [0.4, 0.5) is 0 Å². The molecule has 0 radical (unpaired) electrons. The Balaban J connectivity index is 1.12. The number of hydrogen-bond acceptors (Lipinski definition) is 5. The Kier molecular flexibility index (Phi) is 6.89. The average Bonchev–Trinajstić information content (AvgIpc) is 3.77. The van der Waals surface area contributed by atoms with Crippen molar-refractivity contribution in [2.45, 2.75) is 0 Å². The van der Waals surface area contributed by atoms with E-state index in [-0.39, 0.29) is 0 Å². The fourth-order valence-electron chi connectivity index (χ4n) is 6.97. The number of aromatic nitrogens is 3. The number of fused-ring (bicyclic) bond motifs is 6. The highest BCUT2D eigenvalue weighted by Crippen LogP contribution is 2.39. The third-order valence-electron chi connectivity index (χ3n) is 9.44. The van der Waals surface area contributed by atoms with E-state index < -0.39 is 0 Å². The third-order valence-corrected chi connectivity index (χ3v) is 9.94. The minimum absolute atomic E-state index is 0.539. The van der Waals surface area contributed by atoms with E-state index in [1.54, 1.807) is 0 Å². The molecule has 0 aliphatic heterocycles. The fraction of sp³-hybridized carbons (Fsp3) is 0. The summed E-state index contributed by atoms with van der Waals surface area (Å²) in [6, 6.07) is 53.7. The fourth-order valence-corrected chi connectivity index (χ4v) is 7.36. The topological polar surface area (TPSA) is 65.0 Å². The van der Waals surface area contributed by atoms with E-state index in [1.165, 1.54) is 11.1 Å². The Hall–Kier alpha value is -6.37. The molecule has 0 unspecified atom stereocenters. The van der Waals surface area contributed by atoms with Crippen molar-refractivity contribution in [2.75, 3.05) is 0 Å². The van der Waals surface area contributed by atoms with Crippen LogP contribution in [-0.4, -0.2) is 15.0 Å². The first-order valence-corrected chi connectivity index (χ1v) is 17.5. The Labute approximate surface area is 301 Å². The molecule has 0 saturated heterocycles. The van der Waals surface area contributed by atoms with Gasteiger partial charge in [-0.25, -0.2) is 15.0 Å². The molecule has 0 aliphatic rings. The average molecular weight is 721 g/mol. The van der Waals surface area contributed by atoms with Crippen molar-refractivity contribution >= 4 is 59.8 Å². The summed E-state index contributed by atoms with van der Waals surface area (Å²) in [5, 5.41) is 4.06. The molecule has 0 spiro atoms. The first kappa shape index (κ1) is 29.5. The van der Waals surface area contributed by atoms with Crippen LogP contribution in [0.5, 0.6) is 0 Å². The minimum Gasteiger partial charge on any atom is -0.456 e. The van der Waals surface area contributed by atoms with Gasteiger partial charge in [-0.15, -0.1) is 0 Å². The summed E-state index contributed by atoms with van der Waals surface area (Å²) < 4.78 is 13.7. The maximum Gasteiger partial charge on any atom is 0.167 e. The van der Waals surface area contributed by atoms with Crippen LogP contribution in [0.3, 0.4) is 0 Å². The number of rotatable bonds is 5. The molecule has 51 heavy (non-hydrogen) atoms. The molecule has 6 heteroatoms. The maximum atomic E-state index is 6.43. The molecule has 3 heterocycles. The Bertz CT molecular complexity index is 2930. The molecule has 10 rings (SSSR count). The molecule has 0 atom stereocenters. The minimum atomic E-state index is 0.539. The molecule has 240 valence electrons. The van der Waals surface area contributed by atoms with E-state index in [0.29, 0.717) is 17.5 Å². The normalized spacial score (nSPS) is 11.6. The van der Waals surface area contributed by atoms with Crippen LogP contribution in [0.2, 0.25) is 0 Å². The van der Waals surface area contributed by atoms with E-state index >= 15 is 0 Å². The van der Waals surface area contributed by atoms with Crippen LogP contribution < -0.4 is 0 Å². The van der Waals surface area contributed by atoms with Crippen molar-refractivity contribution in [1.82, 2.24) is 15.0 Å². The van der Waals surface area contributed by atoms with Gasteiger partial charge in [0.05, 0.1) is 5.56 Å². The largest absolute Gasteiger partial charge is 0.456 e. The summed E-state index contributed by atoms with van der Waals surface area (Å²) in [6.45, 7) is 0. The lowest BCUT2D eigenvalue weighted by Crippen LogP contribution is -2.00. The number of para-hydroxylation sites is 3. The number of benzene rings is 7. The second kappa shape index (κ2) is 11.9. The van der Waals surface area contributed by atoms with Gasteiger partial charge in [-0.3, -0.25) is 0 Å². The summed E-state index contributed by atoms with van der Waals surface area (Å²) in [4.78, 5) is 15.3. The van der Waals surface area contributed by atoms with Crippen molar-refractivity contribution < 1.29 is 8.83 Å². The molecule has 5 nitrogen and oxygen atoms in total. The first-order chi connectivity index (χ1) is 25.2. The van der Waals surface area contributed by atoms with Gasteiger partial charge in [-0.05, 0) is 58.7 Å². The van der Waals surface area contributed by atoms with Gasteiger partial charge in [-0.2, -0.15) is 0 Å². The monoisotopic (exact) mass is 719 g/mol. The Morgan fingerprint density at radius 1 is 0.373 bits per heavy atom. The second-order valence-electron chi connectivity index (χ2n) is 12.5. The predicted molar refractivity (Wildman–Crippen MR) is 209 cm³/mol. The zero-order valence-electron chi connectivity index (χ0n) is 27.0. The zero-order valence-corrected chi connectivity index (χ0v) is 28.6. The summed E-state index contributed by atoms with van der Waals surface area (Å²) in [5.74, 6) is 1.67. The van der Waals surface area contributed by atoms with Crippen molar-refractivity contribution in [2.24, 2.45) is 0 Å². The van der Waals surface area contributed by atoms with Crippen molar-refractivity contribution in [3.05, 3.63) is 162 Å². The van der Waals surface area contributed by atoms with Crippen LogP contribution in [0.25, 0.3) is 100 Å². The zero-order chi connectivity index (χ0) is 33.9. The van der Waals surface area contributed by atoms with E-state index in [1.807, 2.05) is 66.7 Å². The SMILES string of the molecule is Brc1cccc(-c2ccc(-c3ccc(-c4nc(-c5cccc6c5oc5ccccc56)nc(-c5cccc6oc7ccccc7c56)n4)cc3)cc2)c1. The van der Waals surface area contributed by atoms with Gasteiger partial charge in [-0.1, -0.05) is 137 Å². The van der Waals surface area contributed by atoms with Gasteiger partial charge in [0.25, 0.3) is 0 Å². The maximum absolute atomic E-state index is 6.43. The summed E-state index contributed by atoms with van der Waals surface area (Å²) >= 11 is 3.58. The quantitative estimate of drug-likeness (QED) is 0.177. The second-order valence-corrected chi connectivity index (χ2v) is 13.4. The lowest BCUT2D eigenvalue weighted by atomic mass is 9.99. The lowest BCUT2D eigenvalue weighted by molar-refractivity contribution is 0.668. The molecule has 0 bridgehead atoms. The molecule has 0 aliphatic carbocycles. The summed E-state index contributed by atoms with van der Waals surface area (Å²) in [6.07, 6.45) is 0. The van der Waals surface area contributed by atoms with Crippen LogP contribution >= 0.6 is 15.9 Å². The molecule has 0 fully saturated rings. The van der Waals surface area contributed by atoms with Crippen molar-refractivity contribution in [3.8, 4) is 56.4 Å². The van der Waals surface area contributed by atoms with Crippen LogP contribution in [0.1, 0.15) is 0 Å². The highest BCUT2D eigenvalue weighted by atomic mass is 79.9. The van der Waals surface area contributed by atoms with Gasteiger partial charge >= 0.3 is 0 Å². The van der Waals surface area contributed by atoms with E-state index in [9.17, 15) is 0 Å². The van der Waals surface area contributed by atoms with Gasteiger partial charge in [0, 0.05) is 37.1 Å². The summed E-state index contributed by atoms with van der Waals surface area (Å²) in [7, 11) is 0. The van der Waals surface area contributed by atoms with E-state index in [2.05, 4.69) is 107 Å². The molecule has 3 aromatic heterocycles. The number of halogens is 1. The van der Waals surface area contributed by atoms with E-state index in [0.717, 1.165) is 76.2 Å². The third kappa shape index (κ3) is 5.11. The number of furan rings is 2. The predicted octanol–water partition coefficient (Wildman–Crippen LogP) is 12.8. The van der Waals surface area contributed by atoms with Crippen molar-refractivity contribution in [1.29, 1.82) is 0 Å². The van der Waals surface area contributed by atoms with Crippen LogP contribution in [0, 0.1) is 0 Å². The van der Waals surface area contributed by atoms with Gasteiger partial charge in [0.2, 0.25) is 0 Å². The lowest BCUT2D eigenvalue weighted by Gasteiger charge is -2.10. The molecular formula is C45H26BrN3O2. The number of hydrogen-bond donors (Lipinski definition) is 0. The van der Waals surface area contributed by atoms with Crippen molar-refractivity contribution in [3.63, 3.8) is 0 Å². The molecule has 0 amide bonds.